The van der Waals surface area contributed by atoms with Gasteiger partial charge in [0.15, 0.2) is 5.82 Å². The van der Waals surface area contributed by atoms with E-state index in [0.29, 0.717) is 29.6 Å². The fourth-order valence-corrected chi connectivity index (χ4v) is 4.89. The van der Waals surface area contributed by atoms with E-state index in [1.807, 2.05) is 6.92 Å². The monoisotopic (exact) mass is 303 g/mol. The third kappa shape index (κ3) is 2.44. The number of carbonyl (C=O) groups excluding carboxylic acids is 1. The van der Waals surface area contributed by atoms with E-state index in [1.165, 1.54) is 25.7 Å². The van der Waals surface area contributed by atoms with Crippen LogP contribution in [0.4, 0.5) is 0 Å². The van der Waals surface area contributed by atoms with Crippen molar-refractivity contribution in [1.29, 1.82) is 0 Å². The van der Waals surface area contributed by atoms with Gasteiger partial charge in [-0.1, -0.05) is 12.1 Å². The second-order valence-electron chi connectivity index (χ2n) is 7.32. The van der Waals surface area contributed by atoms with Crippen LogP contribution in [0.2, 0.25) is 0 Å². The van der Waals surface area contributed by atoms with Gasteiger partial charge in [0, 0.05) is 24.3 Å². The standard InChI is InChI=1S/C17H25N3O2/c1-2-14-19-17(22-20-14)12-7-8-13(9-12)18-16(21)15-10-3-4-11(15)6-5-10/h10-13,15H,2-9H2,1H3,(H,18,21). The number of fused-ring (bicyclic) bond motifs is 2. The summed E-state index contributed by atoms with van der Waals surface area (Å²) in [4.78, 5) is 17.0. The lowest BCUT2D eigenvalue weighted by molar-refractivity contribution is -0.127. The average Bonchev–Trinajstić information content (AvgIpc) is 3.30. The van der Waals surface area contributed by atoms with Gasteiger partial charge < -0.3 is 9.84 Å². The summed E-state index contributed by atoms with van der Waals surface area (Å²) in [6, 6.07) is 0.287. The molecule has 22 heavy (non-hydrogen) atoms. The minimum absolute atomic E-state index is 0.287. The van der Waals surface area contributed by atoms with Crippen LogP contribution in [0.5, 0.6) is 0 Å². The Morgan fingerprint density at radius 1 is 1.18 bits per heavy atom. The molecule has 5 heteroatoms. The molecule has 5 nitrogen and oxygen atoms in total. The summed E-state index contributed by atoms with van der Waals surface area (Å²) in [5, 5.41) is 7.30. The molecular formula is C17H25N3O2. The van der Waals surface area contributed by atoms with E-state index >= 15 is 0 Å². The minimum Gasteiger partial charge on any atom is -0.353 e. The summed E-state index contributed by atoms with van der Waals surface area (Å²) in [5.74, 6) is 3.79. The van der Waals surface area contributed by atoms with Gasteiger partial charge in [0.1, 0.15) is 0 Å². The normalized spacial score (nSPS) is 36.9. The van der Waals surface area contributed by atoms with Crippen molar-refractivity contribution >= 4 is 5.91 Å². The quantitative estimate of drug-likeness (QED) is 0.928. The van der Waals surface area contributed by atoms with E-state index in [-0.39, 0.29) is 6.04 Å². The van der Waals surface area contributed by atoms with Crippen molar-refractivity contribution in [3.8, 4) is 0 Å². The molecule has 0 aliphatic heterocycles. The number of hydrogen-bond donors (Lipinski definition) is 1. The molecule has 2 bridgehead atoms. The molecule has 120 valence electrons. The number of amides is 1. The molecule has 2 atom stereocenters. The summed E-state index contributed by atoms with van der Waals surface area (Å²) >= 11 is 0. The third-order valence-corrected chi connectivity index (χ3v) is 6.06. The summed E-state index contributed by atoms with van der Waals surface area (Å²) in [7, 11) is 0. The van der Waals surface area contributed by atoms with Gasteiger partial charge in [-0.2, -0.15) is 4.98 Å². The maximum absolute atomic E-state index is 12.6. The molecule has 1 aromatic rings. The van der Waals surface area contributed by atoms with Crippen LogP contribution >= 0.6 is 0 Å². The van der Waals surface area contributed by atoms with Gasteiger partial charge in [-0.25, -0.2) is 0 Å². The van der Waals surface area contributed by atoms with E-state index < -0.39 is 0 Å². The minimum atomic E-state index is 0.287. The maximum Gasteiger partial charge on any atom is 0.229 e. The largest absolute Gasteiger partial charge is 0.353 e. The van der Waals surface area contributed by atoms with Crippen LogP contribution < -0.4 is 5.32 Å². The molecule has 3 aliphatic rings. The predicted octanol–water partition coefficient (Wildman–Crippen LogP) is 2.82. The predicted molar refractivity (Wildman–Crippen MR) is 81.1 cm³/mol. The number of nitrogens with zero attached hydrogens (tertiary/aromatic N) is 2. The summed E-state index contributed by atoms with van der Waals surface area (Å²) in [5.41, 5.74) is 0. The first-order valence-corrected chi connectivity index (χ1v) is 8.87. The highest BCUT2D eigenvalue weighted by Crippen LogP contribution is 2.49. The van der Waals surface area contributed by atoms with Gasteiger partial charge in [0.25, 0.3) is 0 Å². The van der Waals surface area contributed by atoms with Crippen molar-refractivity contribution in [3.63, 3.8) is 0 Å². The fourth-order valence-electron chi connectivity index (χ4n) is 4.89. The highest BCUT2D eigenvalue weighted by molar-refractivity contribution is 5.80. The molecule has 1 heterocycles. The zero-order chi connectivity index (χ0) is 15.1. The Kier molecular flexibility index (Phi) is 3.66. The van der Waals surface area contributed by atoms with Crippen LogP contribution in [0.15, 0.2) is 4.52 Å². The molecule has 1 aromatic heterocycles. The van der Waals surface area contributed by atoms with Gasteiger partial charge in [0.05, 0.1) is 0 Å². The van der Waals surface area contributed by atoms with Gasteiger partial charge in [-0.15, -0.1) is 0 Å². The first kappa shape index (κ1) is 14.2. The Morgan fingerprint density at radius 3 is 2.55 bits per heavy atom. The molecule has 1 N–H and O–H groups in total. The van der Waals surface area contributed by atoms with Crippen LogP contribution in [-0.2, 0) is 11.2 Å². The Morgan fingerprint density at radius 2 is 1.91 bits per heavy atom. The van der Waals surface area contributed by atoms with Crippen LogP contribution in [0.3, 0.4) is 0 Å². The number of rotatable bonds is 4. The topological polar surface area (TPSA) is 68.0 Å². The number of hydrogen-bond acceptors (Lipinski definition) is 4. The lowest BCUT2D eigenvalue weighted by Crippen LogP contribution is -2.39. The van der Waals surface area contributed by atoms with E-state index in [1.54, 1.807) is 0 Å². The van der Waals surface area contributed by atoms with Gasteiger partial charge in [-0.05, 0) is 56.8 Å². The Balaban J connectivity index is 1.34. The van der Waals surface area contributed by atoms with Crippen LogP contribution in [0, 0.1) is 17.8 Å². The zero-order valence-electron chi connectivity index (χ0n) is 13.3. The molecule has 3 aliphatic carbocycles. The molecule has 1 amide bonds. The summed E-state index contributed by atoms with van der Waals surface area (Å²) in [6.07, 6.45) is 8.86. The molecule has 3 fully saturated rings. The van der Waals surface area contributed by atoms with Crippen molar-refractivity contribution in [1.82, 2.24) is 15.5 Å². The maximum atomic E-state index is 12.6. The number of aromatic nitrogens is 2. The van der Waals surface area contributed by atoms with Crippen molar-refractivity contribution in [2.45, 2.75) is 70.3 Å². The SMILES string of the molecule is CCc1noc(C2CCC(NC(=O)C3C4CCC3CC4)C2)n1. The molecule has 2 unspecified atom stereocenters. The Labute approximate surface area is 131 Å². The van der Waals surface area contributed by atoms with Crippen LogP contribution in [-0.4, -0.2) is 22.1 Å². The average molecular weight is 303 g/mol. The molecule has 0 saturated heterocycles. The summed E-state index contributed by atoms with van der Waals surface area (Å²) in [6.45, 7) is 2.03. The van der Waals surface area contributed by atoms with Gasteiger partial charge in [-0.3, -0.25) is 4.79 Å². The molecule has 0 spiro atoms. The Hall–Kier alpha value is -1.39. The summed E-state index contributed by atoms with van der Waals surface area (Å²) < 4.78 is 5.36. The fraction of sp³-hybridized carbons (Fsp3) is 0.824. The molecule has 3 saturated carbocycles. The lowest BCUT2D eigenvalue weighted by atomic mass is 9.96. The smallest absolute Gasteiger partial charge is 0.229 e. The van der Waals surface area contributed by atoms with E-state index in [4.69, 9.17) is 4.52 Å². The molecular weight excluding hydrogens is 278 g/mol. The zero-order valence-corrected chi connectivity index (χ0v) is 13.3. The van der Waals surface area contributed by atoms with Crippen molar-refractivity contribution in [3.05, 3.63) is 11.7 Å². The van der Waals surface area contributed by atoms with Gasteiger partial charge >= 0.3 is 0 Å². The van der Waals surface area contributed by atoms with Gasteiger partial charge in [0.2, 0.25) is 11.8 Å². The van der Waals surface area contributed by atoms with Crippen LogP contribution in [0.1, 0.15) is 69.5 Å². The molecule has 0 radical (unpaired) electrons. The molecule has 4 rings (SSSR count). The number of aryl methyl sites for hydroxylation is 1. The Bertz CT molecular complexity index is 536. The number of carbonyl (C=O) groups is 1. The second kappa shape index (κ2) is 5.67. The first-order chi connectivity index (χ1) is 10.7. The lowest BCUT2D eigenvalue weighted by Gasteiger charge is -2.19. The van der Waals surface area contributed by atoms with E-state index in [9.17, 15) is 4.79 Å². The van der Waals surface area contributed by atoms with E-state index in [0.717, 1.165) is 37.4 Å². The first-order valence-electron chi connectivity index (χ1n) is 8.87. The van der Waals surface area contributed by atoms with Crippen molar-refractivity contribution < 1.29 is 9.32 Å². The highest BCUT2D eigenvalue weighted by atomic mass is 16.5. The van der Waals surface area contributed by atoms with Crippen molar-refractivity contribution in [2.24, 2.45) is 17.8 Å². The van der Waals surface area contributed by atoms with E-state index in [2.05, 4.69) is 15.5 Å². The van der Waals surface area contributed by atoms with Crippen LogP contribution in [0.25, 0.3) is 0 Å². The molecule has 0 aromatic carbocycles. The second-order valence-corrected chi connectivity index (χ2v) is 7.32. The number of nitrogens with one attached hydrogen (secondary N) is 1. The van der Waals surface area contributed by atoms with Crippen molar-refractivity contribution in [2.75, 3.05) is 0 Å². The highest BCUT2D eigenvalue weighted by Gasteiger charge is 2.46. The third-order valence-electron chi connectivity index (χ3n) is 6.06.